The fourth-order valence-corrected chi connectivity index (χ4v) is 4.27. The molecule has 6 nitrogen and oxygen atoms in total. The number of hydrogen-bond acceptors (Lipinski definition) is 4. The van der Waals surface area contributed by atoms with Crippen molar-refractivity contribution in [2.75, 3.05) is 12.3 Å². The van der Waals surface area contributed by atoms with E-state index in [2.05, 4.69) is 0 Å². The van der Waals surface area contributed by atoms with Crippen molar-refractivity contribution in [1.82, 2.24) is 4.31 Å². The van der Waals surface area contributed by atoms with Crippen LogP contribution in [0.4, 0.5) is 5.69 Å². The molecule has 1 amide bonds. The Hall–Kier alpha value is -1.60. The van der Waals surface area contributed by atoms with Crippen molar-refractivity contribution in [3.05, 3.63) is 23.8 Å². The van der Waals surface area contributed by atoms with Gasteiger partial charge in [0, 0.05) is 12.2 Å². The minimum absolute atomic E-state index is 0.139. The van der Waals surface area contributed by atoms with E-state index in [0.717, 1.165) is 0 Å². The highest BCUT2D eigenvalue weighted by molar-refractivity contribution is 7.89. The number of nitrogens with zero attached hydrogens (tertiary/aromatic N) is 1. The van der Waals surface area contributed by atoms with E-state index in [9.17, 15) is 13.2 Å². The predicted molar refractivity (Wildman–Crippen MR) is 71.7 cm³/mol. The Morgan fingerprint density at radius 2 is 2.11 bits per heavy atom. The highest BCUT2D eigenvalue weighted by Crippen LogP contribution is 2.29. The van der Waals surface area contributed by atoms with Crippen molar-refractivity contribution in [1.29, 1.82) is 0 Å². The average molecular weight is 283 g/mol. The average Bonchev–Trinajstić information content (AvgIpc) is 2.82. The third-order valence-corrected chi connectivity index (χ3v) is 5.50. The molecule has 1 aliphatic rings. The van der Waals surface area contributed by atoms with Crippen LogP contribution in [0, 0.1) is 6.92 Å². The lowest BCUT2D eigenvalue weighted by molar-refractivity contribution is -0.121. The molecule has 7 heteroatoms. The van der Waals surface area contributed by atoms with Gasteiger partial charge in [-0.2, -0.15) is 4.31 Å². The van der Waals surface area contributed by atoms with Gasteiger partial charge in [0.05, 0.1) is 4.90 Å². The van der Waals surface area contributed by atoms with Crippen molar-refractivity contribution < 1.29 is 13.2 Å². The number of anilines is 1. The van der Waals surface area contributed by atoms with Crippen LogP contribution in [0.25, 0.3) is 0 Å². The lowest BCUT2D eigenvalue weighted by Crippen LogP contribution is -2.43. The van der Waals surface area contributed by atoms with E-state index in [0.29, 0.717) is 30.6 Å². The number of carbonyl (C=O) groups excluding carboxylic acids is 1. The Morgan fingerprint density at radius 1 is 1.42 bits per heavy atom. The van der Waals surface area contributed by atoms with E-state index in [1.807, 2.05) is 0 Å². The van der Waals surface area contributed by atoms with Crippen LogP contribution in [0.1, 0.15) is 18.4 Å². The van der Waals surface area contributed by atoms with Crippen LogP contribution >= 0.6 is 0 Å². The standard InChI is InChI=1S/C12H17N3O3S/c1-8-9(13)4-2-6-11(8)19(17,18)15-7-3-5-10(15)12(14)16/h2,4,6,10H,3,5,7,13H2,1H3,(H2,14,16). The van der Waals surface area contributed by atoms with Gasteiger partial charge in [-0.3, -0.25) is 4.79 Å². The van der Waals surface area contributed by atoms with E-state index in [4.69, 9.17) is 11.5 Å². The molecule has 0 aliphatic carbocycles. The number of amides is 1. The summed E-state index contributed by atoms with van der Waals surface area (Å²) in [6.45, 7) is 1.96. The van der Waals surface area contributed by atoms with Gasteiger partial charge in [0.2, 0.25) is 15.9 Å². The Morgan fingerprint density at radius 3 is 2.74 bits per heavy atom. The maximum atomic E-state index is 12.6. The largest absolute Gasteiger partial charge is 0.398 e. The minimum Gasteiger partial charge on any atom is -0.398 e. The molecule has 1 aromatic carbocycles. The molecule has 1 atom stereocenters. The summed E-state index contributed by atoms with van der Waals surface area (Å²) in [5.74, 6) is -0.609. The van der Waals surface area contributed by atoms with E-state index in [-0.39, 0.29) is 4.90 Å². The smallest absolute Gasteiger partial charge is 0.244 e. The van der Waals surface area contributed by atoms with Crippen LogP contribution in [-0.4, -0.2) is 31.2 Å². The van der Waals surface area contributed by atoms with Gasteiger partial charge < -0.3 is 11.5 Å². The summed E-state index contributed by atoms with van der Waals surface area (Å²) in [5, 5.41) is 0. The third kappa shape index (κ3) is 2.31. The molecular formula is C12H17N3O3S. The second-order valence-corrected chi connectivity index (χ2v) is 6.51. The van der Waals surface area contributed by atoms with Crippen molar-refractivity contribution in [3.8, 4) is 0 Å². The number of primary amides is 1. The van der Waals surface area contributed by atoms with Crippen molar-refractivity contribution in [2.45, 2.75) is 30.7 Å². The first-order chi connectivity index (χ1) is 8.85. The van der Waals surface area contributed by atoms with Gasteiger partial charge in [-0.1, -0.05) is 6.07 Å². The lowest BCUT2D eigenvalue weighted by atomic mass is 10.2. The zero-order valence-corrected chi connectivity index (χ0v) is 11.5. The van der Waals surface area contributed by atoms with Gasteiger partial charge in [0.15, 0.2) is 0 Å². The topological polar surface area (TPSA) is 106 Å². The second kappa shape index (κ2) is 4.82. The number of hydrogen-bond donors (Lipinski definition) is 2. The predicted octanol–water partition coefficient (Wildman–Crippen LogP) is 0.216. The molecule has 104 valence electrons. The quantitative estimate of drug-likeness (QED) is 0.773. The molecule has 1 saturated heterocycles. The van der Waals surface area contributed by atoms with E-state index < -0.39 is 22.0 Å². The first kappa shape index (κ1) is 13.8. The molecule has 0 bridgehead atoms. The first-order valence-corrected chi connectivity index (χ1v) is 7.46. The Kier molecular flexibility index (Phi) is 3.51. The fraction of sp³-hybridized carbons (Fsp3) is 0.417. The number of benzene rings is 1. The van der Waals surface area contributed by atoms with Gasteiger partial charge in [-0.05, 0) is 37.5 Å². The SMILES string of the molecule is Cc1c(N)cccc1S(=O)(=O)N1CCCC1C(N)=O. The molecule has 2 rings (SSSR count). The Bertz CT molecular complexity index is 613. The van der Waals surface area contributed by atoms with Crippen LogP contribution in [0.2, 0.25) is 0 Å². The number of rotatable bonds is 3. The summed E-state index contributed by atoms with van der Waals surface area (Å²) in [7, 11) is -3.73. The van der Waals surface area contributed by atoms with Crippen LogP contribution < -0.4 is 11.5 Å². The van der Waals surface area contributed by atoms with E-state index >= 15 is 0 Å². The second-order valence-electron chi connectivity index (χ2n) is 4.65. The maximum absolute atomic E-state index is 12.6. The summed E-state index contributed by atoms with van der Waals surface area (Å²) >= 11 is 0. The summed E-state index contributed by atoms with van der Waals surface area (Å²) in [4.78, 5) is 11.5. The molecule has 0 saturated carbocycles. The maximum Gasteiger partial charge on any atom is 0.244 e. The highest BCUT2D eigenvalue weighted by atomic mass is 32.2. The number of carbonyl (C=O) groups is 1. The van der Waals surface area contributed by atoms with Crippen LogP contribution in [-0.2, 0) is 14.8 Å². The monoisotopic (exact) mass is 283 g/mol. The first-order valence-electron chi connectivity index (χ1n) is 6.02. The van der Waals surface area contributed by atoms with Crippen molar-refractivity contribution in [3.63, 3.8) is 0 Å². The van der Waals surface area contributed by atoms with Crippen molar-refractivity contribution >= 4 is 21.6 Å². The molecule has 0 radical (unpaired) electrons. The molecule has 1 unspecified atom stereocenters. The summed E-state index contributed by atoms with van der Waals surface area (Å²) in [6.07, 6.45) is 1.10. The van der Waals surface area contributed by atoms with Gasteiger partial charge in [0.25, 0.3) is 0 Å². The zero-order valence-electron chi connectivity index (χ0n) is 10.7. The molecule has 1 fully saturated rings. The van der Waals surface area contributed by atoms with E-state index in [1.54, 1.807) is 19.1 Å². The van der Waals surface area contributed by atoms with Gasteiger partial charge in [-0.25, -0.2) is 8.42 Å². The molecule has 0 spiro atoms. The number of sulfonamides is 1. The van der Waals surface area contributed by atoms with Crippen LogP contribution in [0.15, 0.2) is 23.1 Å². The lowest BCUT2D eigenvalue weighted by Gasteiger charge is -2.22. The molecule has 0 aromatic heterocycles. The zero-order chi connectivity index (χ0) is 14.2. The van der Waals surface area contributed by atoms with Gasteiger partial charge in [-0.15, -0.1) is 0 Å². The van der Waals surface area contributed by atoms with Gasteiger partial charge >= 0.3 is 0 Å². The van der Waals surface area contributed by atoms with Crippen LogP contribution in [0.5, 0.6) is 0 Å². The van der Waals surface area contributed by atoms with Gasteiger partial charge in [0.1, 0.15) is 6.04 Å². The highest BCUT2D eigenvalue weighted by Gasteiger charge is 2.39. The Labute approximate surface area is 112 Å². The number of nitrogen functional groups attached to an aromatic ring is 1. The molecule has 1 aromatic rings. The summed E-state index contributed by atoms with van der Waals surface area (Å²) in [6, 6.07) is 3.97. The molecule has 1 heterocycles. The molecule has 1 aliphatic heterocycles. The summed E-state index contributed by atoms with van der Waals surface area (Å²) in [5.41, 5.74) is 11.9. The number of nitrogens with two attached hydrogens (primary N) is 2. The third-order valence-electron chi connectivity index (χ3n) is 3.44. The Balaban J connectivity index is 2.48. The van der Waals surface area contributed by atoms with E-state index in [1.165, 1.54) is 10.4 Å². The summed E-state index contributed by atoms with van der Waals surface area (Å²) < 4.78 is 26.3. The fourth-order valence-electron chi connectivity index (χ4n) is 2.35. The normalized spacial score (nSPS) is 20.6. The molecule has 4 N–H and O–H groups in total. The van der Waals surface area contributed by atoms with Crippen molar-refractivity contribution in [2.24, 2.45) is 5.73 Å². The minimum atomic E-state index is -3.73. The molecular weight excluding hydrogens is 266 g/mol. The van der Waals surface area contributed by atoms with Crippen LogP contribution in [0.3, 0.4) is 0 Å². The molecule has 19 heavy (non-hydrogen) atoms.